The van der Waals surface area contributed by atoms with Crippen molar-refractivity contribution in [2.45, 2.75) is 50.6 Å². The Kier molecular flexibility index (Phi) is 5.04. The first kappa shape index (κ1) is 17.6. The number of hydrogen-bond donors (Lipinski definition) is 0. The molecule has 0 saturated carbocycles. The average Bonchev–Trinajstić information content (AvgIpc) is 3.07. The second-order valence-corrected chi connectivity index (χ2v) is 8.80. The van der Waals surface area contributed by atoms with E-state index >= 15 is 0 Å². The molecule has 0 unspecified atom stereocenters. The summed E-state index contributed by atoms with van der Waals surface area (Å²) in [7, 11) is 4.87. The van der Waals surface area contributed by atoms with Crippen LogP contribution in [0.3, 0.4) is 0 Å². The van der Waals surface area contributed by atoms with Gasteiger partial charge in [0, 0.05) is 24.7 Å². The molecule has 2 aromatic rings. The first-order chi connectivity index (χ1) is 12.6. The molecule has 0 aromatic heterocycles. The van der Waals surface area contributed by atoms with Gasteiger partial charge in [0.1, 0.15) is 0 Å². The zero-order valence-corrected chi connectivity index (χ0v) is 16.4. The van der Waals surface area contributed by atoms with Crippen LogP contribution in [0.15, 0.2) is 54.6 Å². The smallest absolute Gasteiger partial charge is 0.0903 e. The van der Waals surface area contributed by atoms with Crippen molar-refractivity contribution in [1.29, 1.82) is 0 Å². The molecule has 2 nitrogen and oxygen atoms in total. The number of para-hydroxylation sites is 1. The van der Waals surface area contributed by atoms with E-state index in [-0.39, 0.29) is 0 Å². The number of rotatable bonds is 5. The number of hydrogen-bond acceptors (Lipinski definition) is 1. The van der Waals surface area contributed by atoms with E-state index in [0.29, 0.717) is 6.04 Å². The minimum absolute atomic E-state index is 0.606. The number of benzene rings is 2. The molecule has 1 heterocycles. The van der Waals surface area contributed by atoms with Crippen LogP contribution in [0.5, 0.6) is 0 Å². The summed E-state index contributed by atoms with van der Waals surface area (Å²) in [4.78, 5) is 2.70. The quantitative estimate of drug-likeness (QED) is 0.709. The lowest BCUT2D eigenvalue weighted by molar-refractivity contribution is -0.920. The van der Waals surface area contributed by atoms with Crippen LogP contribution >= 0.6 is 0 Å². The topological polar surface area (TPSA) is 3.24 Å². The fourth-order valence-corrected chi connectivity index (χ4v) is 5.11. The third-order valence-electron chi connectivity index (χ3n) is 6.77. The Morgan fingerprint density at radius 1 is 0.885 bits per heavy atom. The monoisotopic (exact) mass is 349 g/mol. The molecule has 0 spiro atoms. The summed E-state index contributed by atoms with van der Waals surface area (Å²) >= 11 is 0. The van der Waals surface area contributed by atoms with Crippen molar-refractivity contribution in [2.24, 2.45) is 0 Å². The Morgan fingerprint density at radius 2 is 1.54 bits per heavy atom. The van der Waals surface area contributed by atoms with Crippen molar-refractivity contribution in [3.05, 3.63) is 65.7 Å². The first-order valence-corrected chi connectivity index (χ1v) is 10.3. The van der Waals surface area contributed by atoms with E-state index in [1.807, 2.05) is 0 Å². The van der Waals surface area contributed by atoms with Crippen molar-refractivity contribution < 1.29 is 4.48 Å². The average molecular weight is 350 g/mol. The van der Waals surface area contributed by atoms with Crippen LogP contribution in [0, 0.1) is 0 Å². The Labute approximate surface area is 159 Å². The predicted octanol–water partition coefficient (Wildman–Crippen LogP) is 4.68. The molecule has 2 aromatic carbocycles. The summed E-state index contributed by atoms with van der Waals surface area (Å²) in [5.41, 5.74) is 4.49. The van der Waals surface area contributed by atoms with Gasteiger partial charge >= 0.3 is 0 Å². The van der Waals surface area contributed by atoms with Gasteiger partial charge in [0.25, 0.3) is 0 Å². The molecule has 1 aliphatic carbocycles. The third kappa shape index (κ3) is 3.66. The SMILES string of the molecule is C[N+]1(C)CCCC[C@@H]1CCN(c1ccccc1)C1Cc2ccccc2C1. The Balaban J connectivity index is 1.51. The molecule has 0 N–H and O–H groups in total. The van der Waals surface area contributed by atoms with Crippen LogP contribution in [0.1, 0.15) is 36.8 Å². The number of likely N-dealkylation sites (tertiary alicyclic amines) is 1. The fourth-order valence-electron chi connectivity index (χ4n) is 5.11. The largest absolute Gasteiger partial charge is 0.368 e. The van der Waals surface area contributed by atoms with Crippen molar-refractivity contribution in [3.8, 4) is 0 Å². The summed E-state index contributed by atoms with van der Waals surface area (Å²) in [6, 6.07) is 21.5. The molecule has 1 aliphatic heterocycles. The normalized spacial score (nSPS) is 22.2. The van der Waals surface area contributed by atoms with Crippen LogP contribution < -0.4 is 4.90 Å². The van der Waals surface area contributed by atoms with E-state index in [9.17, 15) is 0 Å². The van der Waals surface area contributed by atoms with Crippen LogP contribution in [0.25, 0.3) is 0 Å². The van der Waals surface area contributed by atoms with Gasteiger partial charge in [-0.1, -0.05) is 42.5 Å². The minimum Gasteiger partial charge on any atom is -0.368 e. The lowest BCUT2D eigenvalue weighted by Crippen LogP contribution is -2.53. The zero-order valence-electron chi connectivity index (χ0n) is 16.4. The first-order valence-electron chi connectivity index (χ1n) is 10.3. The van der Waals surface area contributed by atoms with Gasteiger partial charge in [-0.15, -0.1) is 0 Å². The van der Waals surface area contributed by atoms with Crippen LogP contribution in [0.4, 0.5) is 5.69 Å². The van der Waals surface area contributed by atoms with Crippen LogP contribution in [-0.2, 0) is 12.8 Å². The predicted molar refractivity (Wildman–Crippen MR) is 111 cm³/mol. The van der Waals surface area contributed by atoms with Gasteiger partial charge in [-0.3, -0.25) is 0 Å². The Hall–Kier alpha value is -1.80. The summed E-state index contributed by atoms with van der Waals surface area (Å²) in [5.74, 6) is 0. The number of piperidine rings is 1. The minimum atomic E-state index is 0.606. The molecule has 26 heavy (non-hydrogen) atoms. The Morgan fingerprint density at radius 3 is 2.19 bits per heavy atom. The van der Waals surface area contributed by atoms with Crippen LogP contribution in [0.2, 0.25) is 0 Å². The molecular weight excluding hydrogens is 316 g/mol. The van der Waals surface area contributed by atoms with Gasteiger partial charge in [-0.25, -0.2) is 0 Å². The summed E-state index contributed by atoms with van der Waals surface area (Å²) < 4.78 is 1.20. The highest BCUT2D eigenvalue weighted by molar-refractivity contribution is 5.49. The van der Waals surface area contributed by atoms with Gasteiger partial charge in [-0.2, -0.15) is 0 Å². The molecule has 1 saturated heterocycles. The van der Waals surface area contributed by atoms with Crippen molar-refractivity contribution in [3.63, 3.8) is 0 Å². The number of fused-ring (bicyclic) bond motifs is 1. The number of quaternary nitrogens is 1. The number of anilines is 1. The van der Waals surface area contributed by atoms with Gasteiger partial charge in [0.15, 0.2) is 0 Å². The molecular formula is C24H33N2+. The second kappa shape index (κ2) is 7.44. The molecule has 2 aliphatic rings. The molecule has 0 bridgehead atoms. The lowest BCUT2D eigenvalue weighted by atomic mass is 9.96. The number of nitrogens with zero attached hydrogens (tertiary/aromatic N) is 2. The van der Waals surface area contributed by atoms with E-state index in [2.05, 4.69) is 73.6 Å². The molecule has 4 rings (SSSR count). The highest BCUT2D eigenvalue weighted by Gasteiger charge is 2.33. The highest BCUT2D eigenvalue weighted by Crippen LogP contribution is 2.31. The van der Waals surface area contributed by atoms with Gasteiger partial charge in [0.2, 0.25) is 0 Å². The Bertz CT molecular complexity index is 697. The lowest BCUT2D eigenvalue weighted by Gasteiger charge is -2.43. The second-order valence-electron chi connectivity index (χ2n) is 8.80. The maximum Gasteiger partial charge on any atom is 0.0903 e. The van der Waals surface area contributed by atoms with E-state index in [0.717, 1.165) is 6.04 Å². The van der Waals surface area contributed by atoms with Crippen molar-refractivity contribution >= 4 is 5.69 Å². The van der Waals surface area contributed by atoms with Gasteiger partial charge in [-0.05, 0) is 55.4 Å². The van der Waals surface area contributed by atoms with E-state index in [1.165, 1.54) is 61.8 Å². The maximum atomic E-state index is 2.70. The van der Waals surface area contributed by atoms with E-state index < -0.39 is 0 Å². The highest BCUT2D eigenvalue weighted by atomic mass is 15.3. The van der Waals surface area contributed by atoms with Crippen LogP contribution in [-0.4, -0.2) is 43.8 Å². The van der Waals surface area contributed by atoms with Gasteiger partial charge in [0.05, 0.1) is 26.7 Å². The molecule has 0 radical (unpaired) electrons. The third-order valence-corrected chi connectivity index (χ3v) is 6.77. The van der Waals surface area contributed by atoms with Gasteiger partial charge < -0.3 is 9.38 Å². The maximum absolute atomic E-state index is 2.70. The summed E-state index contributed by atoms with van der Waals surface area (Å²) in [5, 5.41) is 0. The van der Waals surface area contributed by atoms with E-state index in [4.69, 9.17) is 0 Å². The standard InChI is InChI=1S/C24H33N2/c1-26(2)17-9-8-14-24(26)15-16-25(22-12-4-3-5-13-22)23-18-20-10-6-7-11-21(20)19-23/h3-7,10-13,23-24H,8-9,14-19H2,1-2H3/q+1/t24-/m1/s1. The van der Waals surface area contributed by atoms with E-state index in [1.54, 1.807) is 11.1 Å². The molecule has 2 heteroatoms. The molecule has 1 atom stereocenters. The molecule has 0 amide bonds. The van der Waals surface area contributed by atoms with Crippen molar-refractivity contribution in [2.75, 3.05) is 32.1 Å². The van der Waals surface area contributed by atoms with Crippen molar-refractivity contribution in [1.82, 2.24) is 0 Å². The molecule has 138 valence electrons. The fraction of sp³-hybridized carbons (Fsp3) is 0.500. The molecule has 1 fully saturated rings. The summed E-state index contributed by atoms with van der Waals surface area (Å²) in [6.07, 6.45) is 7.87. The zero-order chi connectivity index (χ0) is 18.0. The summed E-state index contributed by atoms with van der Waals surface area (Å²) in [6.45, 7) is 2.51.